The summed E-state index contributed by atoms with van der Waals surface area (Å²) in [6.07, 6.45) is 6.99. The fraction of sp³-hybridized carbons (Fsp3) is 0.364. The highest BCUT2D eigenvalue weighted by molar-refractivity contribution is 5.81. The highest BCUT2D eigenvalue weighted by atomic mass is 15.1. The fourth-order valence-corrected chi connectivity index (χ4v) is 1.56. The Morgan fingerprint density at radius 1 is 1.50 bits per heavy atom. The van der Waals surface area contributed by atoms with Crippen LogP contribution in [0.5, 0.6) is 0 Å². The molecule has 0 radical (unpaired) electrons. The Bertz CT molecular complexity index is 561. The maximum absolute atomic E-state index is 5.75. The molecule has 0 fully saturated rings. The molecule has 5 heteroatoms. The molecule has 0 aromatic carbocycles. The molecule has 2 aromatic heterocycles. The molecule has 82 valence electrons. The van der Waals surface area contributed by atoms with Crippen LogP contribution in [0.25, 0.3) is 11.2 Å². The summed E-state index contributed by atoms with van der Waals surface area (Å²) in [6, 6.07) is 0. The number of nitrogen functional groups attached to an aromatic ring is 1. The summed E-state index contributed by atoms with van der Waals surface area (Å²) >= 11 is 0. The summed E-state index contributed by atoms with van der Waals surface area (Å²) in [5.74, 6) is 3.52. The Hall–Kier alpha value is -2.09. The van der Waals surface area contributed by atoms with Crippen molar-refractivity contribution in [3.63, 3.8) is 0 Å². The smallest absolute Gasteiger partial charge is 0.208 e. The van der Waals surface area contributed by atoms with Gasteiger partial charge >= 0.3 is 0 Å². The number of imidazole rings is 1. The van der Waals surface area contributed by atoms with E-state index in [-0.39, 0.29) is 0 Å². The quantitative estimate of drug-likeness (QED) is 0.760. The average Bonchev–Trinajstić information content (AvgIpc) is 2.61. The number of hydrogen-bond donors (Lipinski definition) is 1. The number of rotatable bonds is 2. The van der Waals surface area contributed by atoms with Crippen molar-refractivity contribution in [2.45, 2.75) is 20.4 Å². The van der Waals surface area contributed by atoms with Gasteiger partial charge in [-0.15, -0.1) is 6.42 Å². The lowest BCUT2D eigenvalue weighted by atomic mass is 10.2. The van der Waals surface area contributed by atoms with Crippen LogP contribution < -0.4 is 5.73 Å². The number of anilines is 1. The van der Waals surface area contributed by atoms with Crippen LogP contribution in [0.15, 0.2) is 6.33 Å². The fourth-order valence-electron chi connectivity index (χ4n) is 1.56. The van der Waals surface area contributed by atoms with Crippen molar-refractivity contribution in [1.29, 1.82) is 0 Å². The minimum atomic E-state index is 0.301. The monoisotopic (exact) mass is 215 g/mol. The van der Waals surface area contributed by atoms with E-state index in [0.29, 0.717) is 28.7 Å². The molecule has 0 saturated carbocycles. The standard InChI is InChI=1S/C11H13N5/c1-4-8-14-10(12)9-11(15-8)16(6-13-9)5-7(2)3/h1,6-7H,5H2,2-3H3,(H2,12,14,15). The molecule has 0 unspecified atom stereocenters. The molecule has 0 aliphatic carbocycles. The third-order valence-corrected chi connectivity index (χ3v) is 2.18. The summed E-state index contributed by atoms with van der Waals surface area (Å²) in [6.45, 7) is 5.08. The number of aromatic nitrogens is 4. The minimum absolute atomic E-state index is 0.301. The second kappa shape index (κ2) is 3.81. The third kappa shape index (κ3) is 1.70. The maximum atomic E-state index is 5.75. The van der Waals surface area contributed by atoms with Crippen molar-refractivity contribution in [2.75, 3.05) is 5.73 Å². The van der Waals surface area contributed by atoms with Crippen molar-refractivity contribution in [3.8, 4) is 12.3 Å². The zero-order chi connectivity index (χ0) is 11.7. The van der Waals surface area contributed by atoms with Crippen molar-refractivity contribution in [3.05, 3.63) is 12.2 Å². The van der Waals surface area contributed by atoms with E-state index in [0.717, 1.165) is 6.54 Å². The molecular weight excluding hydrogens is 202 g/mol. The van der Waals surface area contributed by atoms with Gasteiger partial charge in [-0.25, -0.2) is 15.0 Å². The number of fused-ring (bicyclic) bond motifs is 1. The number of nitrogens with two attached hydrogens (primary N) is 1. The normalized spacial score (nSPS) is 10.9. The summed E-state index contributed by atoms with van der Waals surface area (Å²) in [7, 11) is 0. The van der Waals surface area contributed by atoms with Crippen LogP contribution in [-0.4, -0.2) is 19.5 Å². The number of nitrogens with zero attached hydrogens (tertiary/aromatic N) is 4. The van der Waals surface area contributed by atoms with Crippen LogP contribution in [0.3, 0.4) is 0 Å². The topological polar surface area (TPSA) is 69.6 Å². The Labute approximate surface area is 93.7 Å². The Kier molecular flexibility index (Phi) is 2.49. The molecule has 0 aliphatic heterocycles. The number of terminal acetylenes is 1. The highest BCUT2D eigenvalue weighted by Crippen LogP contribution is 2.16. The van der Waals surface area contributed by atoms with Crippen molar-refractivity contribution in [2.24, 2.45) is 5.92 Å². The van der Waals surface area contributed by atoms with Crippen LogP contribution in [0.1, 0.15) is 19.7 Å². The van der Waals surface area contributed by atoms with Gasteiger partial charge in [-0.2, -0.15) is 0 Å². The van der Waals surface area contributed by atoms with E-state index in [1.807, 2.05) is 4.57 Å². The van der Waals surface area contributed by atoms with Gasteiger partial charge in [0.05, 0.1) is 6.33 Å². The van der Waals surface area contributed by atoms with Crippen LogP contribution in [0, 0.1) is 18.3 Å². The highest BCUT2D eigenvalue weighted by Gasteiger charge is 2.10. The minimum Gasteiger partial charge on any atom is -0.382 e. The first-order valence-electron chi connectivity index (χ1n) is 5.06. The van der Waals surface area contributed by atoms with Gasteiger partial charge in [-0.3, -0.25) is 0 Å². The van der Waals surface area contributed by atoms with Crippen molar-refractivity contribution >= 4 is 17.0 Å². The lowest BCUT2D eigenvalue weighted by Crippen LogP contribution is -2.05. The van der Waals surface area contributed by atoms with E-state index in [1.165, 1.54) is 0 Å². The first-order valence-corrected chi connectivity index (χ1v) is 5.06. The zero-order valence-corrected chi connectivity index (χ0v) is 9.31. The molecule has 2 aromatic rings. The predicted octanol–water partition coefficient (Wildman–Crippen LogP) is 1.05. The Morgan fingerprint density at radius 2 is 2.25 bits per heavy atom. The largest absolute Gasteiger partial charge is 0.382 e. The summed E-state index contributed by atoms with van der Waals surface area (Å²) in [4.78, 5) is 12.4. The van der Waals surface area contributed by atoms with Gasteiger partial charge in [0.15, 0.2) is 11.5 Å². The zero-order valence-electron chi connectivity index (χ0n) is 9.31. The van der Waals surface area contributed by atoms with Gasteiger partial charge in [0.25, 0.3) is 0 Å². The van der Waals surface area contributed by atoms with E-state index in [2.05, 4.69) is 34.7 Å². The maximum Gasteiger partial charge on any atom is 0.208 e. The van der Waals surface area contributed by atoms with E-state index < -0.39 is 0 Å². The van der Waals surface area contributed by atoms with E-state index in [9.17, 15) is 0 Å². The Balaban J connectivity index is 2.62. The number of hydrogen-bond acceptors (Lipinski definition) is 4. The molecule has 5 nitrogen and oxygen atoms in total. The van der Waals surface area contributed by atoms with E-state index in [1.54, 1.807) is 6.33 Å². The third-order valence-electron chi connectivity index (χ3n) is 2.18. The van der Waals surface area contributed by atoms with Gasteiger partial charge in [-0.05, 0) is 11.8 Å². The second-order valence-electron chi connectivity index (χ2n) is 4.04. The first kappa shape index (κ1) is 10.4. The van der Waals surface area contributed by atoms with Gasteiger partial charge in [0, 0.05) is 6.54 Å². The van der Waals surface area contributed by atoms with Gasteiger partial charge in [0.1, 0.15) is 5.52 Å². The van der Waals surface area contributed by atoms with Crippen LogP contribution >= 0.6 is 0 Å². The summed E-state index contributed by atoms with van der Waals surface area (Å²) < 4.78 is 1.94. The molecule has 16 heavy (non-hydrogen) atoms. The van der Waals surface area contributed by atoms with Gasteiger partial charge < -0.3 is 10.3 Å². The lowest BCUT2D eigenvalue weighted by Gasteiger charge is -2.06. The van der Waals surface area contributed by atoms with Crippen molar-refractivity contribution in [1.82, 2.24) is 19.5 Å². The molecule has 0 saturated heterocycles. The molecule has 0 bridgehead atoms. The van der Waals surface area contributed by atoms with Crippen molar-refractivity contribution < 1.29 is 0 Å². The van der Waals surface area contributed by atoms with Gasteiger partial charge in [0.2, 0.25) is 5.82 Å². The summed E-state index contributed by atoms with van der Waals surface area (Å²) in [5, 5.41) is 0. The van der Waals surface area contributed by atoms with Gasteiger partial charge in [-0.1, -0.05) is 13.8 Å². The molecule has 0 atom stereocenters. The molecule has 0 aliphatic rings. The molecule has 2 N–H and O–H groups in total. The molecule has 0 spiro atoms. The second-order valence-corrected chi connectivity index (χ2v) is 4.04. The molecular formula is C11H13N5. The summed E-state index contributed by atoms with van der Waals surface area (Å²) in [5.41, 5.74) is 7.07. The molecule has 2 heterocycles. The average molecular weight is 215 g/mol. The van der Waals surface area contributed by atoms with E-state index in [4.69, 9.17) is 12.2 Å². The first-order chi connectivity index (χ1) is 7.61. The molecule has 2 rings (SSSR count). The van der Waals surface area contributed by atoms with Crippen LogP contribution in [0.4, 0.5) is 5.82 Å². The van der Waals surface area contributed by atoms with Crippen LogP contribution in [0.2, 0.25) is 0 Å². The Morgan fingerprint density at radius 3 is 2.88 bits per heavy atom. The molecule has 0 amide bonds. The predicted molar refractivity (Wildman–Crippen MR) is 62.5 cm³/mol. The lowest BCUT2D eigenvalue weighted by molar-refractivity contribution is 0.530. The van der Waals surface area contributed by atoms with Crippen LogP contribution in [-0.2, 0) is 6.54 Å². The van der Waals surface area contributed by atoms with E-state index >= 15 is 0 Å². The SMILES string of the molecule is C#Cc1nc(N)c2ncn(CC(C)C)c2n1.